The molecule has 2 unspecified atom stereocenters. The number of halogens is 1. The molecule has 0 aromatic heterocycles. The predicted octanol–water partition coefficient (Wildman–Crippen LogP) is 3.38. The number of hydrogen-bond donors (Lipinski definition) is 1. The van der Waals surface area contributed by atoms with Gasteiger partial charge in [0.15, 0.2) is 17.3 Å². The van der Waals surface area contributed by atoms with Crippen LogP contribution in [0.15, 0.2) is 27.1 Å². The van der Waals surface area contributed by atoms with Gasteiger partial charge in [0.25, 0.3) is 0 Å². The maximum Gasteiger partial charge on any atom is 0.231 e. The van der Waals surface area contributed by atoms with Gasteiger partial charge in [-0.2, -0.15) is 0 Å². The maximum absolute atomic E-state index is 5.62. The molecule has 3 heterocycles. The molecule has 1 N–H and O–H groups in total. The molecule has 0 amide bonds. The number of amidine groups is 2. The Balaban J connectivity index is 1.65. The zero-order valence-corrected chi connectivity index (χ0v) is 18.9. The van der Waals surface area contributed by atoms with Crippen LogP contribution in [0.1, 0.15) is 45.8 Å². The van der Waals surface area contributed by atoms with Crippen molar-refractivity contribution in [2.45, 2.75) is 52.4 Å². The Morgan fingerprint density at radius 2 is 2.00 bits per heavy atom. The normalized spacial score (nSPS) is 22.9. The van der Waals surface area contributed by atoms with Gasteiger partial charge in [-0.3, -0.25) is 9.98 Å². The molecule has 0 aliphatic carbocycles. The van der Waals surface area contributed by atoms with Crippen LogP contribution in [-0.2, 0) is 0 Å². The molecule has 7 nitrogen and oxygen atoms in total. The van der Waals surface area contributed by atoms with Crippen molar-refractivity contribution in [2.75, 3.05) is 19.9 Å². The number of nitrogens with zero attached hydrogens (tertiary/aromatic N) is 4. The minimum atomic E-state index is -0.113. The fourth-order valence-corrected chi connectivity index (χ4v) is 4.42. The van der Waals surface area contributed by atoms with E-state index in [-0.39, 0.29) is 19.0 Å². The van der Waals surface area contributed by atoms with Crippen LogP contribution in [0.2, 0.25) is 0 Å². The molecular weight excluding hydrogens is 469 g/mol. The Morgan fingerprint density at radius 3 is 2.75 bits per heavy atom. The summed E-state index contributed by atoms with van der Waals surface area (Å²) in [6, 6.07) is 4.61. The molecule has 0 saturated carbocycles. The smallest absolute Gasteiger partial charge is 0.231 e. The molecular formula is C20H26IN5O2. The summed E-state index contributed by atoms with van der Waals surface area (Å²) < 4.78 is 12.3. The van der Waals surface area contributed by atoms with Crippen LogP contribution >= 0.6 is 22.6 Å². The van der Waals surface area contributed by atoms with E-state index in [1.807, 2.05) is 13.0 Å². The topological polar surface area (TPSA) is 70.8 Å². The fourth-order valence-electron chi connectivity index (χ4n) is 3.70. The molecule has 4 rings (SSSR count). The Labute approximate surface area is 179 Å². The molecule has 2 atom stereocenters. The van der Waals surface area contributed by atoms with Gasteiger partial charge in [-0.05, 0) is 61.5 Å². The molecule has 0 bridgehead atoms. The first kappa shape index (κ1) is 19.6. The minimum absolute atomic E-state index is 0.0282. The van der Waals surface area contributed by atoms with E-state index in [4.69, 9.17) is 19.5 Å². The first-order valence-corrected chi connectivity index (χ1v) is 10.8. The zero-order chi connectivity index (χ0) is 19.8. The van der Waals surface area contributed by atoms with E-state index in [0.29, 0.717) is 6.04 Å². The highest BCUT2D eigenvalue weighted by Gasteiger charge is 2.38. The summed E-state index contributed by atoms with van der Waals surface area (Å²) in [5.74, 6) is 3.36. The van der Waals surface area contributed by atoms with Crippen molar-refractivity contribution in [1.82, 2.24) is 10.2 Å². The van der Waals surface area contributed by atoms with Crippen molar-refractivity contribution >= 4 is 40.0 Å². The Kier molecular flexibility index (Phi) is 5.59. The van der Waals surface area contributed by atoms with Crippen LogP contribution in [0.5, 0.6) is 11.5 Å². The predicted molar refractivity (Wildman–Crippen MR) is 120 cm³/mol. The number of fused-ring (bicyclic) bond motifs is 2. The van der Waals surface area contributed by atoms with E-state index >= 15 is 0 Å². The van der Waals surface area contributed by atoms with Crippen LogP contribution in [0, 0.1) is 3.57 Å². The van der Waals surface area contributed by atoms with Gasteiger partial charge in [0.05, 0.1) is 6.04 Å². The minimum Gasteiger partial charge on any atom is -0.454 e. The molecule has 8 heteroatoms. The SMILES string of the molecule is CC1=NC(C)C2=NC(c3cc4c(cc3I)OCO4)N(CCCNC(C)C)C2=N1. The summed E-state index contributed by atoms with van der Waals surface area (Å²) in [4.78, 5) is 16.7. The van der Waals surface area contributed by atoms with Crippen molar-refractivity contribution in [3.63, 3.8) is 0 Å². The Hall–Kier alpha value is -1.68. The average molecular weight is 495 g/mol. The number of aliphatic imine (C=N–C) groups is 3. The third-order valence-corrected chi connectivity index (χ3v) is 5.93. The van der Waals surface area contributed by atoms with E-state index in [2.05, 4.69) is 64.6 Å². The quantitative estimate of drug-likeness (QED) is 0.486. The third-order valence-electron chi connectivity index (χ3n) is 5.00. The highest BCUT2D eigenvalue weighted by Crippen LogP contribution is 2.41. The summed E-state index contributed by atoms with van der Waals surface area (Å²) in [5.41, 5.74) is 2.09. The highest BCUT2D eigenvalue weighted by molar-refractivity contribution is 14.1. The number of benzene rings is 1. The molecule has 3 aliphatic rings. The van der Waals surface area contributed by atoms with Crippen LogP contribution in [0.25, 0.3) is 0 Å². The number of rotatable bonds is 6. The van der Waals surface area contributed by atoms with Crippen LogP contribution in [-0.4, -0.2) is 54.2 Å². The average Bonchev–Trinajstić information content (AvgIpc) is 3.22. The van der Waals surface area contributed by atoms with E-state index in [1.54, 1.807) is 0 Å². The van der Waals surface area contributed by atoms with Crippen LogP contribution < -0.4 is 14.8 Å². The third kappa shape index (κ3) is 3.76. The van der Waals surface area contributed by atoms with Gasteiger partial charge in [-0.1, -0.05) is 13.8 Å². The lowest BCUT2D eigenvalue weighted by molar-refractivity contribution is 0.174. The monoisotopic (exact) mass is 495 g/mol. The maximum atomic E-state index is 5.62. The second kappa shape index (κ2) is 7.98. The first-order valence-electron chi connectivity index (χ1n) is 9.74. The Morgan fingerprint density at radius 1 is 1.25 bits per heavy atom. The number of hydrogen-bond acceptors (Lipinski definition) is 7. The second-order valence-electron chi connectivity index (χ2n) is 7.56. The van der Waals surface area contributed by atoms with Gasteiger partial charge in [-0.25, -0.2) is 4.99 Å². The summed E-state index contributed by atoms with van der Waals surface area (Å²) >= 11 is 2.36. The van der Waals surface area contributed by atoms with Crippen LogP contribution in [0.4, 0.5) is 0 Å². The van der Waals surface area contributed by atoms with Gasteiger partial charge < -0.3 is 19.7 Å². The second-order valence-corrected chi connectivity index (χ2v) is 8.72. The van der Waals surface area contributed by atoms with Crippen molar-refractivity contribution in [1.29, 1.82) is 0 Å². The van der Waals surface area contributed by atoms with Crippen molar-refractivity contribution < 1.29 is 9.47 Å². The van der Waals surface area contributed by atoms with E-state index in [1.165, 1.54) is 0 Å². The van der Waals surface area contributed by atoms with Crippen molar-refractivity contribution in [3.8, 4) is 11.5 Å². The molecule has 0 spiro atoms. The lowest BCUT2D eigenvalue weighted by Crippen LogP contribution is -2.40. The molecule has 0 saturated heterocycles. The fraction of sp³-hybridized carbons (Fsp3) is 0.550. The molecule has 1 aromatic carbocycles. The molecule has 3 aliphatic heterocycles. The zero-order valence-electron chi connectivity index (χ0n) is 16.7. The van der Waals surface area contributed by atoms with Gasteiger partial charge in [0.2, 0.25) is 6.79 Å². The molecule has 0 fully saturated rings. The lowest BCUT2D eigenvalue weighted by Gasteiger charge is -2.28. The van der Waals surface area contributed by atoms with Crippen molar-refractivity contribution in [2.24, 2.45) is 15.0 Å². The summed E-state index contributed by atoms with van der Waals surface area (Å²) in [7, 11) is 0. The van der Waals surface area contributed by atoms with Gasteiger partial charge >= 0.3 is 0 Å². The standard InChI is InChI=1S/C20H26IN5O2/c1-11(2)22-6-5-7-26-19(25-18-12(3)23-13(4)24-20(18)26)14-8-16-17(9-15(14)21)28-10-27-16/h8-9,11-12,19,22H,5-7,10H2,1-4H3. The summed E-state index contributed by atoms with van der Waals surface area (Å²) in [6.45, 7) is 10.5. The van der Waals surface area contributed by atoms with Crippen LogP contribution in [0.3, 0.4) is 0 Å². The molecule has 28 heavy (non-hydrogen) atoms. The summed E-state index contributed by atoms with van der Waals surface area (Å²) in [5, 5.41) is 3.49. The highest BCUT2D eigenvalue weighted by atomic mass is 127. The van der Waals surface area contributed by atoms with E-state index in [9.17, 15) is 0 Å². The van der Waals surface area contributed by atoms with E-state index in [0.717, 1.165) is 57.5 Å². The van der Waals surface area contributed by atoms with E-state index < -0.39 is 0 Å². The molecule has 1 aromatic rings. The van der Waals surface area contributed by atoms with Gasteiger partial charge in [0, 0.05) is 21.7 Å². The Bertz CT molecular complexity index is 864. The first-order chi connectivity index (χ1) is 13.4. The number of nitrogens with one attached hydrogen (secondary N) is 1. The lowest BCUT2D eigenvalue weighted by atomic mass is 10.1. The van der Waals surface area contributed by atoms with Gasteiger partial charge in [0.1, 0.15) is 17.7 Å². The molecule has 0 radical (unpaired) electrons. The largest absolute Gasteiger partial charge is 0.454 e. The molecule has 150 valence electrons. The summed E-state index contributed by atoms with van der Waals surface area (Å²) in [6.07, 6.45) is 0.903. The van der Waals surface area contributed by atoms with Gasteiger partial charge in [-0.15, -0.1) is 0 Å². The van der Waals surface area contributed by atoms with Crippen molar-refractivity contribution in [3.05, 3.63) is 21.3 Å². The number of ether oxygens (including phenoxy) is 2.